The van der Waals surface area contributed by atoms with Crippen LogP contribution in [0, 0.1) is 5.82 Å². The minimum Gasteiger partial charge on any atom is -0.396 e. The standard InChI is InChI=1S/C11H12BrFN2OS/c12-8-4-9(13)10(14)3-7(8)11(16)15-6-1-2-17-5-6/h3-4,6H,1-2,5,14H2,(H,15,16). The van der Waals surface area contributed by atoms with Crippen LogP contribution in [0.25, 0.3) is 0 Å². The third kappa shape index (κ3) is 2.93. The molecule has 3 N–H and O–H groups in total. The maximum atomic E-state index is 13.1. The van der Waals surface area contributed by atoms with E-state index in [1.807, 2.05) is 11.8 Å². The van der Waals surface area contributed by atoms with Gasteiger partial charge in [-0.3, -0.25) is 4.79 Å². The van der Waals surface area contributed by atoms with E-state index in [1.54, 1.807) is 0 Å². The molecule has 0 spiro atoms. The molecular weight excluding hydrogens is 307 g/mol. The van der Waals surface area contributed by atoms with Crippen molar-refractivity contribution in [2.24, 2.45) is 0 Å². The molecule has 0 radical (unpaired) electrons. The predicted octanol–water partition coefficient (Wildman–Crippen LogP) is 2.41. The van der Waals surface area contributed by atoms with Crippen LogP contribution in [0.1, 0.15) is 16.8 Å². The average molecular weight is 319 g/mol. The van der Waals surface area contributed by atoms with E-state index in [1.165, 1.54) is 12.1 Å². The van der Waals surface area contributed by atoms with E-state index in [0.717, 1.165) is 17.9 Å². The Morgan fingerprint density at radius 1 is 1.59 bits per heavy atom. The Labute approximate surface area is 111 Å². The molecule has 1 aliphatic rings. The Morgan fingerprint density at radius 2 is 2.35 bits per heavy atom. The van der Waals surface area contributed by atoms with E-state index in [2.05, 4.69) is 21.2 Å². The Balaban J connectivity index is 2.15. The van der Waals surface area contributed by atoms with E-state index in [9.17, 15) is 9.18 Å². The van der Waals surface area contributed by atoms with Crippen LogP contribution in [0.3, 0.4) is 0 Å². The third-order valence-electron chi connectivity index (χ3n) is 2.60. The number of nitrogens with two attached hydrogens (primary N) is 1. The second-order valence-electron chi connectivity index (χ2n) is 3.89. The van der Waals surface area contributed by atoms with Crippen LogP contribution >= 0.6 is 27.7 Å². The van der Waals surface area contributed by atoms with E-state index in [4.69, 9.17) is 5.73 Å². The molecule has 1 saturated heterocycles. The molecule has 2 rings (SSSR count). The van der Waals surface area contributed by atoms with Gasteiger partial charge < -0.3 is 11.1 Å². The second-order valence-corrected chi connectivity index (χ2v) is 5.89. The number of rotatable bonds is 2. The number of nitrogens with one attached hydrogen (secondary N) is 1. The summed E-state index contributed by atoms with van der Waals surface area (Å²) in [5, 5.41) is 2.91. The Bertz CT molecular complexity index is 449. The zero-order chi connectivity index (χ0) is 12.4. The molecule has 0 bridgehead atoms. The molecular formula is C11H12BrFN2OS. The van der Waals surface area contributed by atoms with Gasteiger partial charge in [-0.05, 0) is 40.2 Å². The molecule has 1 amide bonds. The molecule has 6 heteroatoms. The van der Waals surface area contributed by atoms with Crippen molar-refractivity contribution < 1.29 is 9.18 Å². The van der Waals surface area contributed by atoms with E-state index in [-0.39, 0.29) is 17.6 Å². The number of hydrogen-bond donors (Lipinski definition) is 2. The molecule has 0 aromatic heterocycles. The molecule has 1 aromatic rings. The summed E-state index contributed by atoms with van der Waals surface area (Å²) in [5.74, 6) is 1.26. The van der Waals surface area contributed by atoms with Crippen LogP contribution < -0.4 is 11.1 Å². The summed E-state index contributed by atoms with van der Waals surface area (Å²) in [6, 6.07) is 2.77. The Hall–Kier alpha value is -0.750. The summed E-state index contributed by atoms with van der Waals surface area (Å²) in [7, 11) is 0. The van der Waals surface area contributed by atoms with Gasteiger partial charge in [0.25, 0.3) is 5.91 Å². The monoisotopic (exact) mass is 318 g/mol. The molecule has 1 aliphatic heterocycles. The number of halogens is 2. The van der Waals surface area contributed by atoms with Crippen LogP contribution in [0.5, 0.6) is 0 Å². The third-order valence-corrected chi connectivity index (χ3v) is 4.41. The lowest BCUT2D eigenvalue weighted by molar-refractivity contribution is 0.0940. The maximum Gasteiger partial charge on any atom is 0.252 e. The summed E-state index contributed by atoms with van der Waals surface area (Å²) in [6.07, 6.45) is 0.977. The zero-order valence-corrected chi connectivity index (χ0v) is 11.4. The first kappa shape index (κ1) is 12.7. The molecule has 1 aromatic carbocycles. The highest BCUT2D eigenvalue weighted by atomic mass is 79.9. The van der Waals surface area contributed by atoms with Gasteiger partial charge >= 0.3 is 0 Å². The van der Waals surface area contributed by atoms with Crippen molar-refractivity contribution in [1.29, 1.82) is 0 Å². The van der Waals surface area contributed by atoms with E-state index < -0.39 is 5.82 Å². The van der Waals surface area contributed by atoms with Gasteiger partial charge in [0, 0.05) is 16.3 Å². The summed E-state index contributed by atoms with van der Waals surface area (Å²) >= 11 is 4.99. The highest BCUT2D eigenvalue weighted by molar-refractivity contribution is 9.10. The fraction of sp³-hybridized carbons (Fsp3) is 0.364. The molecule has 92 valence electrons. The van der Waals surface area contributed by atoms with Gasteiger partial charge in [-0.2, -0.15) is 11.8 Å². The lowest BCUT2D eigenvalue weighted by Gasteiger charge is -2.12. The van der Waals surface area contributed by atoms with Gasteiger partial charge in [-0.15, -0.1) is 0 Å². The number of thioether (sulfide) groups is 1. The Morgan fingerprint density at radius 3 is 3.00 bits per heavy atom. The highest BCUT2D eigenvalue weighted by Gasteiger charge is 2.20. The van der Waals surface area contributed by atoms with Crippen molar-refractivity contribution in [1.82, 2.24) is 5.32 Å². The molecule has 1 fully saturated rings. The molecule has 1 atom stereocenters. The van der Waals surface area contributed by atoms with Crippen LogP contribution in [0.15, 0.2) is 16.6 Å². The first-order valence-corrected chi connectivity index (χ1v) is 7.16. The Kier molecular flexibility index (Phi) is 3.93. The molecule has 0 aliphatic carbocycles. The number of anilines is 1. The van der Waals surface area contributed by atoms with Gasteiger partial charge in [0.05, 0.1) is 11.3 Å². The molecule has 1 unspecified atom stereocenters. The van der Waals surface area contributed by atoms with E-state index in [0.29, 0.717) is 10.0 Å². The fourth-order valence-electron chi connectivity index (χ4n) is 1.65. The number of nitrogen functional groups attached to an aromatic ring is 1. The molecule has 17 heavy (non-hydrogen) atoms. The van der Waals surface area contributed by atoms with Gasteiger partial charge in [0.1, 0.15) is 5.82 Å². The topological polar surface area (TPSA) is 55.1 Å². The quantitative estimate of drug-likeness (QED) is 0.823. The van der Waals surface area contributed by atoms with Crippen molar-refractivity contribution >= 4 is 39.3 Å². The number of benzene rings is 1. The number of hydrogen-bond acceptors (Lipinski definition) is 3. The SMILES string of the molecule is Nc1cc(C(=O)NC2CCSC2)c(Br)cc1F. The minimum atomic E-state index is -0.523. The van der Waals surface area contributed by atoms with Gasteiger partial charge in [-0.1, -0.05) is 0 Å². The summed E-state index contributed by atoms with van der Waals surface area (Å²) in [4.78, 5) is 12.0. The van der Waals surface area contributed by atoms with Crippen LogP contribution in [0.4, 0.5) is 10.1 Å². The van der Waals surface area contributed by atoms with Crippen molar-refractivity contribution in [3.63, 3.8) is 0 Å². The second kappa shape index (κ2) is 5.27. The average Bonchev–Trinajstić information content (AvgIpc) is 2.76. The predicted molar refractivity (Wildman–Crippen MR) is 71.7 cm³/mol. The number of carbonyl (C=O) groups excluding carboxylic acids is 1. The number of amides is 1. The van der Waals surface area contributed by atoms with Crippen LogP contribution in [0.2, 0.25) is 0 Å². The van der Waals surface area contributed by atoms with Crippen LogP contribution in [-0.2, 0) is 0 Å². The minimum absolute atomic E-state index is 0.0147. The van der Waals surface area contributed by atoms with Gasteiger partial charge in [0.2, 0.25) is 0 Å². The van der Waals surface area contributed by atoms with E-state index >= 15 is 0 Å². The normalized spacial score (nSPS) is 19.3. The summed E-state index contributed by atoms with van der Waals surface area (Å²) in [6.45, 7) is 0. The van der Waals surface area contributed by atoms with Crippen molar-refractivity contribution in [2.45, 2.75) is 12.5 Å². The maximum absolute atomic E-state index is 13.1. The van der Waals surface area contributed by atoms with Crippen molar-refractivity contribution in [3.8, 4) is 0 Å². The van der Waals surface area contributed by atoms with Crippen molar-refractivity contribution in [2.75, 3.05) is 17.2 Å². The largest absolute Gasteiger partial charge is 0.396 e. The van der Waals surface area contributed by atoms with Gasteiger partial charge in [0.15, 0.2) is 0 Å². The zero-order valence-electron chi connectivity index (χ0n) is 9.00. The summed E-state index contributed by atoms with van der Waals surface area (Å²) in [5.41, 5.74) is 5.82. The fourth-order valence-corrected chi connectivity index (χ4v) is 3.30. The molecule has 1 heterocycles. The van der Waals surface area contributed by atoms with Crippen molar-refractivity contribution in [3.05, 3.63) is 28.0 Å². The smallest absolute Gasteiger partial charge is 0.252 e. The number of carbonyl (C=O) groups is 1. The first-order chi connectivity index (χ1) is 8.08. The van der Waals surface area contributed by atoms with Gasteiger partial charge in [-0.25, -0.2) is 4.39 Å². The molecule has 0 saturated carbocycles. The first-order valence-electron chi connectivity index (χ1n) is 5.21. The molecule has 3 nitrogen and oxygen atoms in total. The van der Waals surface area contributed by atoms with Crippen LogP contribution in [-0.4, -0.2) is 23.5 Å². The lowest BCUT2D eigenvalue weighted by Crippen LogP contribution is -2.34. The summed E-state index contributed by atoms with van der Waals surface area (Å²) < 4.78 is 13.6. The highest BCUT2D eigenvalue weighted by Crippen LogP contribution is 2.24. The lowest BCUT2D eigenvalue weighted by atomic mass is 10.1.